The van der Waals surface area contributed by atoms with E-state index in [0.717, 1.165) is 6.42 Å². The lowest BCUT2D eigenvalue weighted by Crippen LogP contribution is -2.04. The highest BCUT2D eigenvalue weighted by Crippen LogP contribution is 2.36. The molecule has 110 valence electrons. The van der Waals surface area contributed by atoms with Gasteiger partial charge in [-0.2, -0.15) is 0 Å². The van der Waals surface area contributed by atoms with E-state index in [0.29, 0.717) is 34.7 Å². The number of hydrogen-bond acceptors (Lipinski definition) is 3. The number of hydrogen-bond donors (Lipinski definition) is 1. The molecule has 0 aliphatic carbocycles. The van der Waals surface area contributed by atoms with Gasteiger partial charge in [-0.25, -0.2) is 4.39 Å². The Balaban J connectivity index is 1.98. The molecule has 2 aromatic carbocycles. The second-order valence-corrected chi connectivity index (χ2v) is 5.65. The van der Waals surface area contributed by atoms with E-state index in [2.05, 4.69) is 15.9 Å². The van der Waals surface area contributed by atoms with E-state index in [1.54, 1.807) is 30.3 Å². The maximum Gasteiger partial charge on any atom is 0.161 e. The molecule has 1 aliphatic rings. The van der Waals surface area contributed by atoms with Crippen LogP contribution in [0.4, 0.5) is 4.39 Å². The molecule has 5 heteroatoms. The zero-order valence-corrected chi connectivity index (χ0v) is 12.8. The Morgan fingerprint density at radius 1 is 1.10 bits per heavy atom. The Morgan fingerprint density at radius 3 is 2.62 bits per heavy atom. The lowest BCUT2D eigenvalue weighted by atomic mass is 10.0. The van der Waals surface area contributed by atoms with Crippen LogP contribution in [0.1, 0.15) is 23.7 Å². The summed E-state index contributed by atoms with van der Waals surface area (Å²) in [4.78, 5) is 0. The molecule has 1 unspecified atom stereocenters. The molecule has 1 aliphatic heterocycles. The fraction of sp³-hybridized carbons (Fsp3) is 0.250. The molecule has 1 heterocycles. The van der Waals surface area contributed by atoms with Crippen LogP contribution in [0.2, 0.25) is 0 Å². The van der Waals surface area contributed by atoms with Crippen LogP contribution in [0.15, 0.2) is 40.9 Å². The van der Waals surface area contributed by atoms with Gasteiger partial charge in [-0.05, 0) is 29.8 Å². The van der Waals surface area contributed by atoms with Crippen LogP contribution >= 0.6 is 15.9 Å². The monoisotopic (exact) mass is 352 g/mol. The van der Waals surface area contributed by atoms with Gasteiger partial charge in [0.05, 0.1) is 13.2 Å². The first-order valence-electron chi connectivity index (χ1n) is 6.68. The first kappa shape index (κ1) is 14.4. The smallest absolute Gasteiger partial charge is 0.161 e. The second kappa shape index (κ2) is 6.03. The molecule has 0 saturated heterocycles. The highest BCUT2D eigenvalue weighted by atomic mass is 79.9. The quantitative estimate of drug-likeness (QED) is 0.892. The van der Waals surface area contributed by atoms with E-state index in [4.69, 9.17) is 9.47 Å². The van der Waals surface area contributed by atoms with Crippen molar-refractivity contribution in [2.75, 3.05) is 13.2 Å². The van der Waals surface area contributed by atoms with E-state index in [-0.39, 0.29) is 5.56 Å². The van der Waals surface area contributed by atoms with Crippen molar-refractivity contribution in [3.8, 4) is 11.5 Å². The zero-order valence-electron chi connectivity index (χ0n) is 11.2. The summed E-state index contributed by atoms with van der Waals surface area (Å²) >= 11 is 3.28. The summed E-state index contributed by atoms with van der Waals surface area (Å²) in [6.07, 6.45) is -0.261. The molecule has 0 bridgehead atoms. The third-order valence-corrected chi connectivity index (χ3v) is 4.05. The van der Waals surface area contributed by atoms with Gasteiger partial charge in [0.1, 0.15) is 11.9 Å². The lowest BCUT2D eigenvalue weighted by Gasteiger charge is -2.16. The minimum atomic E-state index is -1.07. The third-order valence-electron chi connectivity index (χ3n) is 3.36. The number of aliphatic hydroxyl groups is 1. The van der Waals surface area contributed by atoms with Crippen LogP contribution in [0, 0.1) is 5.82 Å². The normalized spacial score (nSPS) is 15.4. The highest BCUT2D eigenvalue weighted by molar-refractivity contribution is 9.10. The average Bonchev–Trinajstić information content (AvgIpc) is 2.71. The van der Waals surface area contributed by atoms with E-state index in [1.165, 1.54) is 6.07 Å². The highest BCUT2D eigenvalue weighted by Gasteiger charge is 2.20. The Hall–Kier alpha value is -1.59. The predicted octanol–water partition coefficient (Wildman–Crippen LogP) is 3.83. The van der Waals surface area contributed by atoms with Gasteiger partial charge in [0.2, 0.25) is 0 Å². The molecule has 21 heavy (non-hydrogen) atoms. The Morgan fingerprint density at radius 2 is 1.86 bits per heavy atom. The minimum Gasteiger partial charge on any atom is -0.490 e. The maximum absolute atomic E-state index is 13.9. The van der Waals surface area contributed by atoms with Crippen molar-refractivity contribution in [3.05, 3.63) is 57.8 Å². The summed E-state index contributed by atoms with van der Waals surface area (Å²) in [6, 6.07) is 9.77. The summed E-state index contributed by atoms with van der Waals surface area (Å²) in [7, 11) is 0. The molecule has 0 aromatic heterocycles. The lowest BCUT2D eigenvalue weighted by molar-refractivity contribution is 0.213. The summed E-state index contributed by atoms with van der Waals surface area (Å²) in [5.41, 5.74) is 0.775. The Bertz CT molecular complexity index is 640. The SMILES string of the molecule is OC(c1ccc2c(c1)OCCCO2)c1c(F)cccc1Br. The first-order chi connectivity index (χ1) is 10.2. The van der Waals surface area contributed by atoms with Gasteiger partial charge in [0.15, 0.2) is 11.5 Å². The van der Waals surface area contributed by atoms with Gasteiger partial charge in [0, 0.05) is 16.5 Å². The number of ether oxygens (including phenoxy) is 2. The van der Waals surface area contributed by atoms with Crippen LogP contribution in [0.5, 0.6) is 11.5 Å². The van der Waals surface area contributed by atoms with Crippen LogP contribution < -0.4 is 9.47 Å². The molecule has 1 atom stereocenters. The van der Waals surface area contributed by atoms with Gasteiger partial charge in [0.25, 0.3) is 0 Å². The van der Waals surface area contributed by atoms with Crippen LogP contribution in [-0.4, -0.2) is 18.3 Å². The molecule has 0 radical (unpaired) electrons. The number of benzene rings is 2. The van der Waals surface area contributed by atoms with Gasteiger partial charge >= 0.3 is 0 Å². The van der Waals surface area contributed by atoms with Gasteiger partial charge < -0.3 is 14.6 Å². The standard InChI is InChI=1S/C16H14BrFO3/c17-11-3-1-4-12(18)15(11)16(19)10-5-6-13-14(9-10)21-8-2-7-20-13/h1,3-6,9,16,19H,2,7-8H2. The summed E-state index contributed by atoms with van der Waals surface area (Å²) in [6.45, 7) is 1.17. The molecule has 0 spiro atoms. The topological polar surface area (TPSA) is 38.7 Å². The third kappa shape index (κ3) is 2.89. The van der Waals surface area contributed by atoms with Crippen molar-refractivity contribution in [2.45, 2.75) is 12.5 Å². The average molecular weight is 353 g/mol. The van der Waals surface area contributed by atoms with Gasteiger partial charge in [-0.1, -0.05) is 28.1 Å². The van der Waals surface area contributed by atoms with Crippen LogP contribution in [-0.2, 0) is 0 Å². The van der Waals surface area contributed by atoms with E-state index in [1.807, 2.05) is 0 Å². The summed E-state index contributed by atoms with van der Waals surface area (Å²) < 4.78 is 25.6. The Labute approximate surface area is 130 Å². The number of rotatable bonds is 2. The maximum atomic E-state index is 13.9. The van der Waals surface area contributed by atoms with Gasteiger partial charge in [-0.15, -0.1) is 0 Å². The summed E-state index contributed by atoms with van der Waals surface area (Å²) in [5, 5.41) is 10.5. The molecule has 3 nitrogen and oxygen atoms in total. The van der Waals surface area contributed by atoms with Crippen LogP contribution in [0.3, 0.4) is 0 Å². The molecule has 0 fully saturated rings. The van der Waals surface area contributed by atoms with Crippen LogP contribution in [0.25, 0.3) is 0 Å². The molecule has 0 saturated carbocycles. The number of fused-ring (bicyclic) bond motifs is 1. The molecular weight excluding hydrogens is 339 g/mol. The number of aliphatic hydroxyl groups excluding tert-OH is 1. The van der Waals surface area contributed by atoms with E-state index in [9.17, 15) is 9.50 Å². The van der Waals surface area contributed by atoms with Crippen molar-refractivity contribution < 1.29 is 19.0 Å². The zero-order chi connectivity index (χ0) is 14.8. The van der Waals surface area contributed by atoms with Crippen molar-refractivity contribution in [2.24, 2.45) is 0 Å². The predicted molar refractivity (Wildman–Crippen MR) is 80.2 cm³/mol. The molecule has 1 N–H and O–H groups in total. The molecule has 2 aromatic rings. The number of halogens is 2. The van der Waals surface area contributed by atoms with Crippen molar-refractivity contribution in [3.63, 3.8) is 0 Å². The first-order valence-corrected chi connectivity index (χ1v) is 7.47. The van der Waals surface area contributed by atoms with Gasteiger partial charge in [-0.3, -0.25) is 0 Å². The molecular formula is C16H14BrFO3. The Kier molecular flexibility index (Phi) is 4.12. The fourth-order valence-electron chi connectivity index (χ4n) is 2.29. The molecule has 3 rings (SSSR count). The second-order valence-electron chi connectivity index (χ2n) is 4.79. The van der Waals surface area contributed by atoms with Crippen molar-refractivity contribution in [1.29, 1.82) is 0 Å². The minimum absolute atomic E-state index is 0.215. The largest absolute Gasteiger partial charge is 0.490 e. The van der Waals surface area contributed by atoms with E-state index >= 15 is 0 Å². The molecule has 0 amide bonds. The van der Waals surface area contributed by atoms with Crippen molar-refractivity contribution in [1.82, 2.24) is 0 Å². The summed E-state index contributed by atoms with van der Waals surface area (Å²) in [5.74, 6) is 0.775. The fourth-order valence-corrected chi connectivity index (χ4v) is 2.85. The van der Waals surface area contributed by atoms with E-state index < -0.39 is 11.9 Å². The van der Waals surface area contributed by atoms with Crippen molar-refractivity contribution >= 4 is 15.9 Å².